The molecule has 0 aromatic rings. The Bertz CT molecular complexity index is 293. The fourth-order valence-corrected chi connectivity index (χ4v) is 4.77. The Hall–Kier alpha value is -0.0900. The van der Waals surface area contributed by atoms with E-state index in [1.165, 1.54) is 25.7 Å². The van der Waals surface area contributed by atoms with E-state index in [2.05, 4.69) is 5.32 Å². The summed E-state index contributed by atoms with van der Waals surface area (Å²) in [5.41, 5.74) is 0. The topological polar surface area (TPSA) is 46.2 Å². The minimum Gasteiger partial charge on any atom is -0.310 e. The number of hydrogen-bond donors (Lipinski definition) is 1. The highest BCUT2D eigenvalue weighted by atomic mass is 32.2. The molecule has 0 bridgehead atoms. The van der Waals surface area contributed by atoms with Gasteiger partial charge < -0.3 is 5.32 Å². The van der Waals surface area contributed by atoms with Gasteiger partial charge in [0.1, 0.15) is 0 Å². The molecule has 4 heteroatoms. The van der Waals surface area contributed by atoms with E-state index in [0.717, 1.165) is 0 Å². The largest absolute Gasteiger partial charge is 0.310 e. The molecule has 0 radical (unpaired) electrons. The van der Waals surface area contributed by atoms with Gasteiger partial charge in [-0.3, -0.25) is 0 Å². The van der Waals surface area contributed by atoms with Crippen molar-refractivity contribution in [2.45, 2.75) is 44.7 Å². The predicted molar refractivity (Wildman–Crippen MR) is 57.0 cm³/mol. The SMILES string of the molecule is C[C@@H]1CS(=O)(=O)C[C@H]1NC1CCCC1. The molecule has 0 aromatic carbocycles. The summed E-state index contributed by atoms with van der Waals surface area (Å²) in [4.78, 5) is 0. The second-order valence-corrected chi connectivity index (χ2v) is 6.96. The summed E-state index contributed by atoms with van der Waals surface area (Å²) in [6.07, 6.45) is 5.05. The van der Waals surface area contributed by atoms with Crippen molar-refractivity contribution in [2.75, 3.05) is 11.5 Å². The van der Waals surface area contributed by atoms with Crippen molar-refractivity contribution in [3.63, 3.8) is 0 Å². The summed E-state index contributed by atoms with van der Waals surface area (Å²) in [7, 11) is -2.75. The normalized spacial score (nSPS) is 37.8. The molecule has 2 fully saturated rings. The van der Waals surface area contributed by atoms with Crippen LogP contribution in [-0.2, 0) is 9.84 Å². The van der Waals surface area contributed by atoms with Crippen LogP contribution in [0.1, 0.15) is 32.6 Å². The Balaban J connectivity index is 1.92. The second-order valence-electron chi connectivity index (χ2n) is 4.81. The Kier molecular flexibility index (Phi) is 2.84. The summed E-state index contributed by atoms with van der Waals surface area (Å²) < 4.78 is 22.8. The van der Waals surface area contributed by atoms with Crippen molar-refractivity contribution in [1.29, 1.82) is 0 Å². The average Bonchev–Trinajstić information content (AvgIpc) is 2.61. The number of rotatable bonds is 2. The van der Waals surface area contributed by atoms with Gasteiger partial charge in [0, 0.05) is 12.1 Å². The lowest BCUT2D eigenvalue weighted by molar-refractivity contribution is 0.393. The third-order valence-corrected chi connectivity index (χ3v) is 5.34. The van der Waals surface area contributed by atoms with Crippen LogP contribution in [0.5, 0.6) is 0 Å². The highest BCUT2D eigenvalue weighted by molar-refractivity contribution is 7.91. The van der Waals surface area contributed by atoms with Crippen molar-refractivity contribution in [3.8, 4) is 0 Å². The molecule has 0 aromatic heterocycles. The van der Waals surface area contributed by atoms with E-state index in [-0.39, 0.29) is 6.04 Å². The maximum Gasteiger partial charge on any atom is 0.152 e. The lowest BCUT2D eigenvalue weighted by Crippen LogP contribution is -2.40. The molecule has 2 aliphatic rings. The van der Waals surface area contributed by atoms with Gasteiger partial charge in [0.15, 0.2) is 9.84 Å². The monoisotopic (exact) mass is 217 g/mol. The molecule has 1 aliphatic heterocycles. The molecule has 82 valence electrons. The standard InChI is InChI=1S/C10H19NO2S/c1-8-6-14(12,13)7-10(8)11-9-4-2-3-5-9/h8-11H,2-7H2,1H3/t8-,10-/m1/s1. The molecule has 0 unspecified atom stereocenters. The predicted octanol–water partition coefficient (Wildman–Crippen LogP) is 0.952. The zero-order valence-electron chi connectivity index (χ0n) is 8.70. The maximum absolute atomic E-state index is 11.4. The second kappa shape index (κ2) is 3.81. The first-order valence-electron chi connectivity index (χ1n) is 5.53. The van der Waals surface area contributed by atoms with E-state index in [4.69, 9.17) is 0 Å². The van der Waals surface area contributed by atoms with Crippen LogP contribution < -0.4 is 5.32 Å². The van der Waals surface area contributed by atoms with Gasteiger partial charge in [0.25, 0.3) is 0 Å². The quantitative estimate of drug-likeness (QED) is 0.749. The Morgan fingerprint density at radius 1 is 1.14 bits per heavy atom. The highest BCUT2D eigenvalue weighted by Crippen LogP contribution is 2.23. The molecule has 1 aliphatic carbocycles. The molecule has 1 saturated heterocycles. The minimum atomic E-state index is -2.75. The van der Waals surface area contributed by atoms with Crippen LogP contribution in [0.15, 0.2) is 0 Å². The van der Waals surface area contributed by atoms with Crippen molar-refractivity contribution >= 4 is 9.84 Å². The number of sulfone groups is 1. The maximum atomic E-state index is 11.4. The van der Waals surface area contributed by atoms with Crippen LogP contribution >= 0.6 is 0 Å². The smallest absolute Gasteiger partial charge is 0.152 e. The molecule has 2 atom stereocenters. The van der Waals surface area contributed by atoms with Gasteiger partial charge in [-0.15, -0.1) is 0 Å². The van der Waals surface area contributed by atoms with E-state index in [1.54, 1.807) is 0 Å². The van der Waals surface area contributed by atoms with Crippen molar-refractivity contribution in [2.24, 2.45) is 5.92 Å². The summed E-state index contributed by atoms with van der Waals surface area (Å²) in [6.45, 7) is 2.04. The molecule has 1 saturated carbocycles. The van der Waals surface area contributed by atoms with Crippen molar-refractivity contribution in [1.82, 2.24) is 5.32 Å². The van der Waals surface area contributed by atoms with Crippen LogP contribution in [0, 0.1) is 5.92 Å². The first-order valence-corrected chi connectivity index (χ1v) is 7.35. The highest BCUT2D eigenvalue weighted by Gasteiger charge is 2.35. The summed E-state index contributed by atoms with van der Waals surface area (Å²) in [5.74, 6) is 1.02. The van der Waals surface area contributed by atoms with Gasteiger partial charge in [-0.1, -0.05) is 19.8 Å². The van der Waals surface area contributed by atoms with E-state index < -0.39 is 9.84 Å². The third kappa shape index (κ3) is 2.28. The molecule has 1 N–H and O–H groups in total. The van der Waals surface area contributed by atoms with Gasteiger partial charge in [-0.05, 0) is 18.8 Å². The summed E-state index contributed by atoms with van der Waals surface area (Å²) in [5, 5.41) is 3.50. The molecule has 1 heterocycles. The van der Waals surface area contributed by atoms with Gasteiger partial charge in [-0.2, -0.15) is 0 Å². The molecule has 14 heavy (non-hydrogen) atoms. The van der Waals surface area contributed by atoms with Gasteiger partial charge in [0.05, 0.1) is 11.5 Å². The van der Waals surface area contributed by atoms with Crippen molar-refractivity contribution in [3.05, 3.63) is 0 Å². The fourth-order valence-electron chi connectivity index (χ4n) is 2.63. The zero-order chi connectivity index (χ0) is 10.2. The lowest BCUT2D eigenvalue weighted by Gasteiger charge is -2.20. The summed E-state index contributed by atoms with van der Waals surface area (Å²) in [6, 6.07) is 0.791. The van der Waals surface area contributed by atoms with E-state index >= 15 is 0 Å². The molecule has 3 nitrogen and oxygen atoms in total. The van der Waals surface area contributed by atoms with Gasteiger partial charge >= 0.3 is 0 Å². The van der Waals surface area contributed by atoms with Crippen molar-refractivity contribution < 1.29 is 8.42 Å². The van der Waals surface area contributed by atoms with Gasteiger partial charge in [0.2, 0.25) is 0 Å². The zero-order valence-corrected chi connectivity index (χ0v) is 9.52. The van der Waals surface area contributed by atoms with Gasteiger partial charge in [-0.25, -0.2) is 8.42 Å². The van der Waals surface area contributed by atoms with Crippen LogP contribution in [0.2, 0.25) is 0 Å². The Labute approximate surface area is 86.2 Å². The molecular formula is C10H19NO2S. The van der Waals surface area contributed by atoms with Crippen LogP contribution in [0.4, 0.5) is 0 Å². The average molecular weight is 217 g/mol. The summed E-state index contributed by atoms with van der Waals surface area (Å²) >= 11 is 0. The number of nitrogens with one attached hydrogen (secondary N) is 1. The Morgan fingerprint density at radius 2 is 1.79 bits per heavy atom. The Morgan fingerprint density at radius 3 is 2.29 bits per heavy atom. The first-order chi connectivity index (χ1) is 6.57. The van der Waals surface area contributed by atoms with E-state index in [0.29, 0.717) is 23.5 Å². The molecule has 0 amide bonds. The fraction of sp³-hybridized carbons (Fsp3) is 1.00. The van der Waals surface area contributed by atoms with Crippen LogP contribution in [0.25, 0.3) is 0 Å². The third-order valence-electron chi connectivity index (χ3n) is 3.44. The first kappa shape index (κ1) is 10.4. The number of hydrogen-bond acceptors (Lipinski definition) is 3. The molecule has 2 rings (SSSR count). The van der Waals surface area contributed by atoms with E-state index in [9.17, 15) is 8.42 Å². The van der Waals surface area contributed by atoms with Crippen LogP contribution in [0.3, 0.4) is 0 Å². The molecule has 0 spiro atoms. The molecular weight excluding hydrogens is 198 g/mol. The minimum absolute atomic E-state index is 0.211. The van der Waals surface area contributed by atoms with E-state index in [1.807, 2.05) is 6.92 Å². The van der Waals surface area contributed by atoms with Crippen LogP contribution in [-0.4, -0.2) is 32.0 Å². The lowest BCUT2D eigenvalue weighted by atomic mass is 10.1.